The van der Waals surface area contributed by atoms with Gasteiger partial charge in [0.2, 0.25) is 5.91 Å². The van der Waals surface area contributed by atoms with E-state index in [9.17, 15) is 14.4 Å². The minimum atomic E-state index is -0.809. The number of methoxy groups -OCH3 is 1. The Hall–Kier alpha value is -3.39. The van der Waals surface area contributed by atoms with Crippen molar-refractivity contribution in [1.82, 2.24) is 10.6 Å². The number of hydrogen-bond donors (Lipinski definition) is 3. The molecule has 0 saturated heterocycles. The number of carbonyl (C=O) groups is 3. The fourth-order valence-electron chi connectivity index (χ4n) is 5.24. The Morgan fingerprint density at radius 3 is 2.31 bits per heavy atom. The fourth-order valence-corrected chi connectivity index (χ4v) is 5.24. The van der Waals surface area contributed by atoms with Gasteiger partial charge in [-0.3, -0.25) is 9.59 Å². The molecule has 4 rings (SSSR count). The molecule has 2 aliphatic rings. The van der Waals surface area contributed by atoms with Gasteiger partial charge < -0.3 is 25.2 Å². The molecule has 2 aromatic rings. The fraction of sp³-hybridized carbons (Fsp3) is 0.444. The molecule has 35 heavy (non-hydrogen) atoms. The first kappa shape index (κ1) is 24.7. The molecule has 3 unspecified atom stereocenters. The Morgan fingerprint density at radius 2 is 1.69 bits per heavy atom. The molecule has 2 aliphatic carbocycles. The quantitative estimate of drug-likeness (QED) is 0.478. The molecule has 0 aromatic heterocycles. The maximum Gasteiger partial charge on any atom is 0.407 e. The lowest BCUT2D eigenvalue weighted by atomic mass is 9.98. The predicted molar refractivity (Wildman–Crippen MR) is 130 cm³/mol. The normalized spacial score (nSPS) is 19.5. The lowest BCUT2D eigenvalue weighted by Gasteiger charge is -2.19. The van der Waals surface area contributed by atoms with Crippen LogP contribution in [-0.4, -0.2) is 55.5 Å². The zero-order valence-electron chi connectivity index (χ0n) is 19.9. The van der Waals surface area contributed by atoms with E-state index in [1.54, 1.807) is 0 Å². The van der Waals surface area contributed by atoms with Crippen molar-refractivity contribution in [3.05, 3.63) is 59.7 Å². The van der Waals surface area contributed by atoms with Gasteiger partial charge in [-0.15, -0.1) is 0 Å². The van der Waals surface area contributed by atoms with Crippen molar-refractivity contribution < 1.29 is 29.0 Å². The average Bonchev–Trinajstić information content (AvgIpc) is 3.41. The van der Waals surface area contributed by atoms with Crippen LogP contribution in [0.5, 0.6) is 0 Å². The van der Waals surface area contributed by atoms with Gasteiger partial charge in [0.15, 0.2) is 0 Å². The summed E-state index contributed by atoms with van der Waals surface area (Å²) in [5, 5.41) is 14.6. The monoisotopic (exact) mass is 480 g/mol. The second-order valence-corrected chi connectivity index (χ2v) is 9.25. The third-order valence-corrected chi connectivity index (χ3v) is 6.95. The summed E-state index contributed by atoms with van der Waals surface area (Å²) in [5.74, 6) is -0.977. The molecule has 1 saturated carbocycles. The highest BCUT2D eigenvalue weighted by atomic mass is 16.5. The van der Waals surface area contributed by atoms with Crippen molar-refractivity contribution in [2.45, 2.75) is 50.2 Å². The number of ether oxygens (including phenoxy) is 2. The van der Waals surface area contributed by atoms with Gasteiger partial charge >= 0.3 is 12.1 Å². The summed E-state index contributed by atoms with van der Waals surface area (Å²) in [6.07, 6.45) is 1.40. The smallest absolute Gasteiger partial charge is 0.407 e. The second kappa shape index (κ2) is 11.4. The highest BCUT2D eigenvalue weighted by Crippen LogP contribution is 2.44. The zero-order valence-corrected chi connectivity index (χ0v) is 19.9. The Bertz CT molecular complexity index is 1030. The Morgan fingerprint density at radius 1 is 1.03 bits per heavy atom. The molecule has 0 aliphatic heterocycles. The zero-order chi connectivity index (χ0) is 24.8. The molecule has 3 N–H and O–H groups in total. The number of carboxylic acid groups (broad SMARTS) is 1. The summed E-state index contributed by atoms with van der Waals surface area (Å²) in [4.78, 5) is 35.8. The number of amides is 2. The number of nitrogens with one attached hydrogen (secondary N) is 2. The molecule has 0 heterocycles. The van der Waals surface area contributed by atoms with E-state index in [4.69, 9.17) is 14.6 Å². The number of carboxylic acids is 1. The van der Waals surface area contributed by atoms with Gasteiger partial charge in [-0.2, -0.15) is 0 Å². The van der Waals surface area contributed by atoms with E-state index < -0.39 is 18.2 Å². The van der Waals surface area contributed by atoms with Crippen LogP contribution in [0.25, 0.3) is 11.1 Å². The molecular formula is C27H32N2O6. The standard InChI is InChI=1S/C27H32N2O6/c1-34-24(26(32)29-18-11-10-17(14-18)15-25(30)31)12-13-28-27(33)35-16-23-21-8-4-2-6-19(21)20-7-3-5-9-22(20)23/h2-9,17-18,23-24H,10-16H2,1H3,(H,28,33)(H,29,32)(H,30,31). The lowest BCUT2D eigenvalue weighted by molar-refractivity contribution is -0.138. The molecule has 8 nitrogen and oxygen atoms in total. The van der Waals surface area contributed by atoms with Crippen molar-refractivity contribution >= 4 is 18.0 Å². The number of carbonyl (C=O) groups excluding carboxylic acids is 2. The minimum absolute atomic E-state index is 0.0120. The molecule has 0 radical (unpaired) electrons. The number of fused-ring (bicyclic) bond motifs is 3. The van der Waals surface area contributed by atoms with Crippen LogP contribution in [0.1, 0.15) is 49.1 Å². The van der Waals surface area contributed by atoms with Gasteiger partial charge in [0.1, 0.15) is 12.7 Å². The van der Waals surface area contributed by atoms with Crippen molar-refractivity contribution in [2.75, 3.05) is 20.3 Å². The van der Waals surface area contributed by atoms with Gasteiger partial charge in [-0.1, -0.05) is 48.5 Å². The van der Waals surface area contributed by atoms with Crippen molar-refractivity contribution in [1.29, 1.82) is 0 Å². The van der Waals surface area contributed by atoms with Crippen LogP contribution in [0.15, 0.2) is 48.5 Å². The molecular weight excluding hydrogens is 448 g/mol. The highest BCUT2D eigenvalue weighted by Gasteiger charge is 2.30. The van der Waals surface area contributed by atoms with Crippen LogP contribution < -0.4 is 10.6 Å². The molecule has 8 heteroatoms. The van der Waals surface area contributed by atoms with E-state index in [0.717, 1.165) is 24.0 Å². The van der Waals surface area contributed by atoms with Gasteiger partial charge in [-0.25, -0.2) is 4.79 Å². The van der Waals surface area contributed by atoms with Crippen molar-refractivity contribution in [2.24, 2.45) is 5.92 Å². The van der Waals surface area contributed by atoms with E-state index >= 15 is 0 Å². The summed E-state index contributed by atoms with van der Waals surface area (Å²) in [7, 11) is 1.46. The van der Waals surface area contributed by atoms with E-state index in [-0.39, 0.29) is 43.4 Å². The van der Waals surface area contributed by atoms with Gasteiger partial charge in [0, 0.05) is 38.5 Å². The number of benzene rings is 2. The number of alkyl carbamates (subject to hydrolysis) is 1. The summed E-state index contributed by atoms with van der Waals surface area (Å²) >= 11 is 0. The first-order chi connectivity index (χ1) is 17.0. The number of aliphatic carboxylic acids is 1. The molecule has 2 aromatic carbocycles. The van der Waals surface area contributed by atoms with Gasteiger partial charge in [-0.05, 0) is 47.4 Å². The van der Waals surface area contributed by atoms with Crippen LogP contribution in [0.4, 0.5) is 4.79 Å². The third-order valence-electron chi connectivity index (χ3n) is 6.95. The van der Waals surface area contributed by atoms with E-state index in [1.165, 1.54) is 18.2 Å². The number of rotatable bonds is 10. The summed E-state index contributed by atoms with van der Waals surface area (Å²) in [5.41, 5.74) is 4.63. The summed E-state index contributed by atoms with van der Waals surface area (Å²) < 4.78 is 10.8. The SMILES string of the molecule is COC(CCNC(=O)OCC1c2ccccc2-c2ccccc21)C(=O)NC1CCC(CC(=O)O)C1. The van der Waals surface area contributed by atoms with Gasteiger partial charge in [0.25, 0.3) is 0 Å². The van der Waals surface area contributed by atoms with Gasteiger partial charge in [0.05, 0.1) is 0 Å². The molecule has 2 amide bonds. The second-order valence-electron chi connectivity index (χ2n) is 9.25. The van der Waals surface area contributed by atoms with Crippen LogP contribution in [0.2, 0.25) is 0 Å². The van der Waals surface area contributed by atoms with E-state index in [2.05, 4.69) is 34.9 Å². The summed E-state index contributed by atoms with van der Waals surface area (Å²) in [6.45, 7) is 0.460. The van der Waals surface area contributed by atoms with Crippen LogP contribution >= 0.6 is 0 Å². The summed E-state index contributed by atoms with van der Waals surface area (Å²) in [6, 6.07) is 16.3. The maximum atomic E-state index is 12.6. The number of hydrogen-bond acceptors (Lipinski definition) is 5. The van der Waals surface area contributed by atoms with Crippen LogP contribution in [0.3, 0.4) is 0 Å². The molecule has 3 atom stereocenters. The van der Waals surface area contributed by atoms with Crippen molar-refractivity contribution in [3.63, 3.8) is 0 Å². The minimum Gasteiger partial charge on any atom is -0.481 e. The molecule has 186 valence electrons. The van der Waals surface area contributed by atoms with E-state index in [0.29, 0.717) is 12.8 Å². The Kier molecular flexibility index (Phi) is 8.02. The predicted octanol–water partition coefficient (Wildman–Crippen LogP) is 3.69. The Balaban J connectivity index is 1.21. The lowest BCUT2D eigenvalue weighted by Crippen LogP contribution is -2.42. The third kappa shape index (κ3) is 6.00. The highest BCUT2D eigenvalue weighted by molar-refractivity contribution is 5.81. The van der Waals surface area contributed by atoms with Crippen LogP contribution in [-0.2, 0) is 19.1 Å². The first-order valence-electron chi connectivity index (χ1n) is 12.1. The van der Waals surface area contributed by atoms with Crippen molar-refractivity contribution in [3.8, 4) is 11.1 Å². The Labute approximate surface area is 205 Å². The average molecular weight is 481 g/mol. The largest absolute Gasteiger partial charge is 0.481 e. The molecule has 0 bridgehead atoms. The van der Waals surface area contributed by atoms with E-state index in [1.807, 2.05) is 24.3 Å². The first-order valence-corrected chi connectivity index (χ1v) is 12.1. The molecule has 0 spiro atoms. The maximum absolute atomic E-state index is 12.6. The van der Waals surface area contributed by atoms with Crippen LogP contribution in [0, 0.1) is 5.92 Å². The topological polar surface area (TPSA) is 114 Å². The molecule has 1 fully saturated rings.